The van der Waals surface area contributed by atoms with Gasteiger partial charge in [0.15, 0.2) is 17.2 Å². The van der Waals surface area contributed by atoms with Crippen LogP contribution in [0.3, 0.4) is 0 Å². The summed E-state index contributed by atoms with van der Waals surface area (Å²) in [7, 11) is 0. The maximum absolute atomic E-state index is 12.0. The van der Waals surface area contributed by atoms with E-state index < -0.39 is 5.97 Å². The van der Waals surface area contributed by atoms with Crippen molar-refractivity contribution >= 4 is 29.5 Å². The summed E-state index contributed by atoms with van der Waals surface area (Å²) < 4.78 is 16.2. The lowest BCUT2D eigenvalue weighted by atomic mass is 10.1. The molecule has 0 aliphatic carbocycles. The first-order chi connectivity index (χ1) is 11.7. The SMILES string of the molecule is O=C1OC(c2ccccc2)=NC1=Cc1cc(Cl)c2c(c1)OCCO2. The lowest BCUT2D eigenvalue weighted by molar-refractivity contribution is -0.129. The summed E-state index contributed by atoms with van der Waals surface area (Å²) in [5.41, 5.74) is 1.64. The highest BCUT2D eigenvalue weighted by atomic mass is 35.5. The number of rotatable bonds is 2. The van der Waals surface area contributed by atoms with E-state index in [-0.39, 0.29) is 11.6 Å². The molecule has 0 N–H and O–H groups in total. The van der Waals surface area contributed by atoms with Crippen LogP contribution in [0.15, 0.2) is 53.2 Å². The predicted octanol–water partition coefficient (Wildman–Crippen LogP) is 3.46. The molecule has 2 aromatic rings. The molecule has 0 amide bonds. The fraction of sp³-hybridized carbons (Fsp3) is 0.111. The maximum atomic E-state index is 12.0. The zero-order valence-electron chi connectivity index (χ0n) is 12.5. The fourth-order valence-electron chi connectivity index (χ4n) is 2.49. The molecule has 0 spiro atoms. The Morgan fingerprint density at radius 1 is 1.08 bits per heavy atom. The summed E-state index contributed by atoms with van der Waals surface area (Å²) in [5, 5.41) is 0.428. The van der Waals surface area contributed by atoms with Crippen LogP contribution >= 0.6 is 11.6 Å². The van der Waals surface area contributed by atoms with Crippen molar-refractivity contribution in [1.82, 2.24) is 0 Å². The normalized spacial score (nSPS) is 17.6. The fourth-order valence-corrected chi connectivity index (χ4v) is 2.76. The summed E-state index contributed by atoms with van der Waals surface area (Å²) in [6, 6.07) is 12.7. The Kier molecular flexibility index (Phi) is 3.70. The van der Waals surface area contributed by atoms with Gasteiger partial charge in [-0.15, -0.1) is 0 Å². The van der Waals surface area contributed by atoms with Gasteiger partial charge in [-0.1, -0.05) is 29.8 Å². The van der Waals surface area contributed by atoms with Gasteiger partial charge in [-0.25, -0.2) is 9.79 Å². The Hall–Kier alpha value is -2.79. The van der Waals surface area contributed by atoms with Crippen molar-refractivity contribution in [1.29, 1.82) is 0 Å². The van der Waals surface area contributed by atoms with Gasteiger partial charge in [-0.05, 0) is 35.9 Å². The molecule has 0 aromatic heterocycles. The number of carbonyl (C=O) groups is 1. The van der Waals surface area contributed by atoms with Crippen molar-refractivity contribution in [2.75, 3.05) is 13.2 Å². The summed E-state index contributed by atoms with van der Waals surface area (Å²) in [6.45, 7) is 0.923. The van der Waals surface area contributed by atoms with E-state index in [1.54, 1.807) is 18.2 Å². The van der Waals surface area contributed by atoms with Gasteiger partial charge < -0.3 is 14.2 Å². The van der Waals surface area contributed by atoms with Crippen molar-refractivity contribution in [3.8, 4) is 11.5 Å². The number of halogens is 1. The summed E-state index contributed by atoms with van der Waals surface area (Å²) in [5.74, 6) is 0.863. The van der Waals surface area contributed by atoms with Gasteiger partial charge in [-0.2, -0.15) is 0 Å². The van der Waals surface area contributed by atoms with Crippen LogP contribution < -0.4 is 9.47 Å². The molecule has 2 heterocycles. The van der Waals surface area contributed by atoms with E-state index in [4.69, 9.17) is 25.8 Å². The second kappa shape index (κ2) is 6.02. The standard InChI is InChI=1S/C18H12ClNO4/c19-13-8-11(10-15-16(13)23-7-6-22-15)9-14-18(21)24-17(20-14)12-4-2-1-3-5-12/h1-5,8-10H,6-7H2. The lowest BCUT2D eigenvalue weighted by Gasteiger charge is -2.19. The van der Waals surface area contributed by atoms with Gasteiger partial charge in [0.2, 0.25) is 5.90 Å². The van der Waals surface area contributed by atoms with E-state index in [0.717, 1.165) is 5.56 Å². The molecular formula is C18H12ClNO4. The van der Waals surface area contributed by atoms with Gasteiger partial charge >= 0.3 is 5.97 Å². The molecule has 0 saturated carbocycles. The van der Waals surface area contributed by atoms with Gasteiger partial charge in [0.1, 0.15) is 13.2 Å². The van der Waals surface area contributed by atoms with Crippen LogP contribution in [0, 0.1) is 0 Å². The number of benzene rings is 2. The van der Waals surface area contributed by atoms with Crippen LogP contribution in [0.5, 0.6) is 11.5 Å². The molecule has 0 saturated heterocycles. The van der Waals surface area contributed by atoms with Crippen molar-refractivity contribution in [2.24, 2.45) is 4.99 Å². The van der Waals surface area contributed by atoms with E-state index in [2.05, 4.69) is 4.99 Å². The van der Waals surface area contributed by atoms with E-state index in [0.29, 0.717) is 35.3 Å². The molecule has 0 bridgehead atoms. The summed E-state index contributed by atoms with van der Waals surface area (Å²) in [6.07, 6.45) is 1.61. The molecular weight excluding hydrogens is 330 g/mol. The Balaban J connectivity index is 1.69. The lowest BCUT2D eigenvalue weighted by Crippen LogP contribution is -2.15. The van der Waals surface area contributed by atoms with E-state index in [9.17, 15) is 4.79 Å². The number of esters is 1. The van der Waals surface area contributed by atoms with Crippen molar-refractivity contribution in [3.05, 3.63) is 64.3 Å². The number of hydrogen-bond donors (Lipinski definition) is 0. The Labute approximate surface area is 143 Å². The molecule has 0 unspecified atom stereocenters. The third-order valence-corrected chi connectivity index (χ3v) is 3.84. The minimum Gasteiger partial charge on any atom is -0.486 e. The summed E-state index contributed by atoms with van der Waals surface area (Å²) in [4.78, 5) is 16.3. The number of carbonyl (C=O) groups excluding carboxylic acids is 1. The Morgan fingerprint density at radius 2 is 1.88 bits per heavy atom. The van der Waals surface area contributed by atoms with Crippen molar-refractivity contribution in [3.63, 3.8) is 0 Å². The van der Waals surface area contributed by atoms with Gasteiger partial charge in [-0.3, -0.25) is 0 Å². The van der Waals surface area contributed by atoms with Crippen LogP contribution in [0.1, 0.15) is 11.1 Å². The zero-order chi connectivity index (χ0) is 16.5. The van der Waals surface area contributed by atoms with E-state index in [1.807, 2.05) is 30.3 Å². The van der Waals surface area contributed by atoms with Crippen molar-refractivity contribution < 1.29 is 19.0 Å². The molecule has 0 radical (unpaired) electrons. The average Bonchev–Trinajstić information content (AvgIpc) is 2.96. The monoisotopic (exact) mass is 341 g/mol. The topological polar surface area (TPSA) is 57.1 Å². The van der Waals surface area contributed by atoms with E-state index in [1.165, 1.54) is 0 Å². The van der Waals surface area contributed by atoms with Gasteiger partial charge in [0.05, 0.1) is 5.02 Å². The average molecular weight is 342 g/mol. The molecule has 2 aliphatic heterocycles. The first-order valence-corrected chi connectivity index (χ1v) is 7.75. The minimum absolute atomic E-state index is 0.210. The summed E-state index contributed by atoms with van der Waals surface area (Å²) >= 11 is 6.21. The minimum atomic E-state index is -0.500. The predicted molar refractivity (Wildman–Crippen MR) is 89.5 cm³/mol. The smallest absolute Gasteiger partial charge is 0.363 e. The Morgan fingerprint density at radius 3 is 2.71 bits per heavy atom. The molecule has 5 nitrogen and oxygen atoms in total. The van der Waals surface area contributed by atoms with Gasteiger partial charge in [0, 0.05) is 5.56 Å². The van der Waals surface area contributed by atoms with Crippen molar-refractivity contribution in [2.45, 2.75) is 0 Å². The molecule has 4 rings (SSSR count). The van der Waals surface area contributed by atoms with Crippen LogP contribution in [-0.2, 0) is 9.53 Å². The second-order valence-corrected chi connectivity index (χ2v) is 5.64. The molecule has 0 fully saturated rings. The second-order valence-electron chi connectivity index (χ2n) is 5.23. The molecule has 6 heteroatoms. The van der Waals surface area contributed by atoms with Crippen LogP contribution in [0.2, 0.25) is 5.02 Å². The highest BCUT2D eigenvalue weighted by Crippen LogP contribution is 2.39. The number of aliphatic imine (C=N–C) groups is 1. The first-order valence-electron chi connectivity index (χ1n) is 7.38. The molecule has 2 aliphatic rings. The number of nitrogens with zero attached hydrogens (tertiary/aromatic N) is 1. The number of ether oxygens (including phenoxy) is 3. The first kappa shape index (κ1) is 14.8. The third-order valence-electron chi connectivity index (χ3n) is 3.56. The molecule has 2 aromatic carbocycles. The van der Waals surface area contributed by atoms with Gasteiger partial charge in [0.25, 0.3) is 0 Å². The van der Waals surface area contributed by atoms with Crippen LogP contribution in [0.4, 0.5) is 0 Å². The molecule has 120 valence electrons. The third kappa shape index (κ3) is 2.74. The zero-order valence-corrected chi connectivity index (χ0v) is 13.2. The maximum Gasteiger partial charge on any atom is 0.363 e. The number of fused-ring (bicyclic) bond motifs is 1. The highest BCUT2D eigenvalue weighted by molar-refractivity contribution is 6.32. The highest BCUT2D eigenvalue weighted by Gasteiger charge is 2.24. The largest absolute Gasteiger partial charge is 0.486 e. The molecule has 0 atom stereocenters. The quantitative estimate of drug-likeness (QED) is 0.620. The van der Waals surface area contributed by atoms with Crippen LogP contribution in [0.25, 0.3) is 6.08 Å². The van der Waals surface area contributed by atoms with Crippen LogP contribution in [-0.4, -0.2) is 25.1 Å². The Bertz CT molecular complexity index is 874. The number of hydrogen-bond acceptors (Lipinski definition) is 5. The molecule has 24 heavy (non-hydrogen) atoms. The number of cyclic esters (lactones) is 1. The van der Waals surface area contributed by atoms with E-state index >= 15 is 0 Å².